The molecule has 2 N–H and O–H groups in total. The van der Waals surface area contributed by atoms with Crippen molar-refractivity contribution >= 4 is 33.4 Å². The second kappa shape index (κ2) is 9.14. The maximum atomic E-state index is 4.59. The van der Waals surface area contributed by atoms with Gasteiger partial charge in [0.2, 0.25) is 0 Å². The average molecular weight is 475 g/mol. The molecule has 4 aromatic carbocycles. The fourth-order valence-corrected chi connectivity index (χ4v) is 4.54. The SMILES string of the molecule is Cc1cccc(NC(C(Nc2cccc(C)c2)n2nnc3ccccc32)n2nnc3ccccc32)c1. The molecule has 0 radical (unpaired) electrons. The van der Waals surface area contributed by atoms with Crippen molar-refractivity contribution in [3.05, 3.63) is 108 Å². The van der Waals surface area contributed by atoms with Gasteiger partial charge in [-0.25, -0.2) is 9.36 Å². The third-order valence-corrected chi connectivity index (χ3v) is 6.25. The summed E-state index contributed by atoms with van der Waals surface area (Å²) in [4.78, 5) is 0. The zero-order valence-corrected chi connectivity index (χ0v) is 20.1. The summed E-state index contributed by atoms with van der Waals surface area (Å²) in [6, 6.07) is 32.5. The summed E-state index contributed by atoms with van der Waals surface area (Å²) in [6.07, 6.45) is -0.797. The number of benzene rings is 4. The zero-order valence-electron chi connectivity index (χ0n) is 20.1. The Morgan fingerprint density at radius 2 is 1.00 bits per heavy atom. The average Bonchev–Trinajstić information content (AvgIpc) is 3.51. The van der Waals surface area contributed by atoms with Crippen LogP contribution in [0.25, 0.3) is 22.1 Å². The first kappa shape index (κ1) is 21.8. The van der Waals surface area contributed by atoms with Gasteiger partial charge in [-0.1, -0.05) is 59.0 Å². The smallest absolute Gasteiger partial charge is 0.164 e. The van der Waals surface area contributed by atoms with Crippen molar-refractivity contribution in [3.8, 4) is 0 Å². The lowest BCUT2D eigenvalue weighted by atomic mass is 10.2. The number of hydrogen-bond donors (Lipinski definition) is 2. The van der Waals surface area contributed by atoms with Crippen LogP contribution in [0.5, 0.6) is 0 Å². The van der Waals surface area contributed by atoms with Gasteiger partial charge in [-0.15, -0.1) is 10.2 Å². The van der Waals surface area contributed by atoms with Gasteiger partial charge in [0.1, 0.15) is 11.0 Å². The summed E-state index contributed by atoms with van der Waals surface area (Å²) in [5, 5.41) is 25.5. The van der Waals surface area contributed by atoms with Crippen LogP contribution in [0.4, 0.5) is 11.4 Å². The molecule has 0 saturated heterocycles. The molecule has 178 valence electrons. The molecule has 0 aliphatic rings. The van der Waals surface area contributed by atoms with E-state index in [0.717, 1.165) is 44.6 Å². The van der Waals surface area contributed by atoms with Crippen molar-refractivity contribution in [1.29, 1.82) is 0 Å². The Balaban J connectivity index is 1.55. The van der Waals surface area contributed by atoms with Crippen LogP contribution >= 0.6 is 0 Å². The molecule has 2 atom stereocenters. The van der Waals surface area contributed by atoms with Crippen molar-refractivity contribution in [1.82, 2.24) is 30.0 Å². The van der Waals surface area contributed by atoms with Gasteiger partial charge in [0, 0.05) is 11.4 Å². The lowest BCUT2D eigenvalue weighted by Gasteiger charge is -2.31. The fourth-order valence-electron chi connectivity index (χ4n) is 4.54. The molecule has 6 aromatic rings. The first-order valence-electron chi connectivity index (χ1n) is 11.9. The Morgan fingerprint density at radius 1 is 0.556 bits per heavy atom. The summed E-state index contributed by atoms with van der Waals surface area (Å²) in [6.45, 7) is 4.16. The minimum Gasteiger partial charge on any atom is -0.360 e. The first-order valence-corrected chi connectivity index (χ1v) is 11.9. The van der Waals surface area contributed by atoms with E-state index in [-0.39, 0.29) is 0 Å². The van der Waals surface area contributed by atoms with Crippen molar-refractivity contribution in [2.24, 2.45) is 0 Å². The van der Waals surface area contributed by atoms with E-state index >= 15 is 0 Å². The fraction of sp³-hybridized carbons (Fsp3) is 0.143. The van der Waals surface area contributed by atoms with Crippen LogP contribution in [0.2, 0.25) is 0 Å². The number of hydrogen-bond acceptors (Lipinski definition) is 6. The Kier molecular flexibility index (Phi) is 5.53. The summed E-state index contributed by atoms with van der Waals surface area (Å²) in [5.74, 6) is 0. The Bertz CT molecular complexity index is 1530. The Labute approximate surface area is 208 Å². The molecule has 0 aliphatic heterocycles. The molecular formula is C28H26N8. The molecule has 2 aromatic heterocycles. The molecule has 0 fully saturated rings. The van der Waals surface area contributed by atoms with Crippen LogP contribution in [-0.2, 0) is 0 Å². The predicted octanol–water partition coefficient (Wildman–Crippen LogP) is 5.71. The van der Waals surface area contributed by atoms with E-state index in [1.807, 2.05) is 70.0 Å². The third-order valence-electron chi connectivity index (χ3n) is 6.25. The topological polar surface area (TPSA) is 85.5 Å². The molecular weight excluding hydrogens is 448 g/mol. The van der Waals surface area contributed by atoms with Gasteiger partial charge in [-0.3, -0.25) is 0 Å². The molecule has 0 spiro atoms. The number of aryl methyl sites for hydroxylation is 2. The van der Waals surface area contributed by atoms with E-state index in [1.165, 1.54) is 0 Å². The quantitative estimate of drug-likeness (QED) is 0.308. The molecule has 0 bridgehead atoms. The number of aromatic nitrogens is 6. The normalized spacial score (nSPS) is 13.1. The minimum absolute atomic E-state index is 0.398. The van der Waals surface area contributed by atoms with E-state index in [2.05, 4.69) is 81.5 Å². The van der Waals surface area contributed by atoms with Crippen LogP contribution in [0.1, 0.15) is 23.5 Å². The summed E-state index contributed by atoms with van der Waals surface area (Å²) < 4.78 is 3.84. The van der Waals surface area contributed by atoms with E-state index < -0.39 is 12.3 Å². The summed E-state index contributed by atoms with van der Waals surface area (Å²) in [5.41, 5.74) is 7.76. The molecule has 8 nitrogen and oxygen atoms in total. The Hall–Kier alpha value is -4.72. The molecule has 0 aliphatic carbocycles. The van der Waals surface area contributed by atoms with Crippen LogP contribution in [-0.4, -0.2) is 30.0 Å². The number of rotatable bonds is 7. The minimum atomic E-state index is -0.398. The molecule has 6 rings (SSSR count). The molecule has 2 heterocycles. The predicted molar refractivity (Wildman–Crippen MR) is 143 cm³/mol. The van der Waals surface area contributed by atoms with Crippen molar-refractivity contribution in [2.75, 3.05) is 10.6 Å². The van der Waals surface area contributed by atoms with Gasteiger partial charge in [0.15, 0.2) is 12.3 Å². The van der Waals surface area contributed by atoms with E-state index in [0.29, 0.717) is 0 Å². The van der Waals surface area contributed by atoms with E-state index in [9.17, 15) is 0 Å². The summed E-state index contributed by atoms with van der Waals surface area (Å²) in [7, 11) is 0. The van der Waals surface area contributed by atoms with Gasteiger partial charge < -0.3 is 10.6 Å². The number of fused-ring (bicyclic) bond motifs is 2. The largest absolute Gasteiger partial charge is 0.360 e. The van der Waals surface area contributed by atoms with Crippen molar-refractivity contribution < 1.29 is 0 Å². The molecule has 0 amide bonds. The highest BCUT2D eigenvalue weighted by atomic mass is 15.5. The molecule has 36 heavy (non-hydrogen) atoms. The highest BCUT2D eigenvalue weighted by Crippen LogP contribution is 2.31. The first-order chi connectivity index (χ1) is 17.7. The van der Waals surface area contributed by atoms with Crippen LogP contribution in [0.15, 0.2) is 97.1 Å². The monoisotopic (exact) mass is 474 g/mol. The molecule has 2 unspecified atom stereocenters. The van der Waals surface area contributed by atoms with Crippen LogP contribution in [0.3, 0.4) is 0 Å². The van der Waals surface area contributed by atoms with Crippen LogP contribution < -0.4 is 10.6 Å². The van der Waals surface area contributed by atoms with Gasteiger partial charge in [0.05, 0.1) is 11.0 Å². The maximum absolute atomic E-state index is 4.59. The summed E-state index contributed by atoms with van der Waals surface area (Å²) >= 11 is 0. The van der Waals surface area contributed by atoms with E-state index in [1.54, 1.807) is 0 Å². The second-order valence-corrected chi connectivity index (χ2v) is 8.96. The van der Waals surface area contributed by atoms with Crippen molar-refractivity contribution in [3.63, 3.8) is 0 Å². The highest BCUT2D eigenvalue weighted by Gasteiger charge is 2.30. The van der Waals surface area contributed by atoms with Gasteiger partial charge in [-0.05, 0) is 73.5 Å². The Morgan fingerprint density at radius 3 is 1.44 bits per heavy atom. The number of anilines is 2. The number of nitrogens with one attached hydrogen (secondary N) is 2. The molecule has 0 saturated carbocycles. The maximum Gasteiger partial charge on any atom is 0.164 e. The zero-order chi connectivity index (χ0) is 24.5. The lowest BCUT2D eigenvalue weighted by molar-refractivity contribution is 0.347. The van der Waals surface area contributed by atoms with Crippen LogP contribution in [0, 0.1) is 13.8 Å². The van der Waals surface area contributed by atoms with Gasteiger partial charge >= 0.3 is 0 Å². The second-order valence-electron chi connectivity index (χ2n) is 8.96. The molecule has 8 heteroatoms. The third kappa shape index (κ3) is 4.13. The van der Waals surface area contributed by atoms with E-state index in [4.69, 9.17) is 0 Å². The lowest BCUT2D eigenvalue weighted by Crippen LogP contribution is -2.35. The van der Waals surface area contributed by atoms with Crippen molar-refractivity contribution in [2.45, 2.75) is 26.2 Å². The number of nitrogens with zero attached hydrogens (tertiary/aromatic N) is 6. The van der Waals surface area contributed by atoms with Gasteiger partial charge in [-0.2, -0.15) is 0 Å². The highest BCUT2D eigenvalue weighted by molar-refractivity contribution is 5.75. The number of para-hydroxylation sites is 2. The van der Waals surface area contributed by atoms with Gasteiger partial charge in [0.25, 0.3) is 0 Å². The standard InChI is InChI=1S/C28H26N8/c1-19-9-7-11-21(17-19)29-27(35-25-15-5-3-13-23(25)31-33-35)28(30-22-12-8-10-20(2)18-22)36-26-16-6-4-14-24(26)32-34-36/h3-18,27-30H,1-2H3.